The summed E-state index contributed by atoms with van der Waals surface area (Å²) in [6.07, 6.45) is 5.12. The minimum atomic E-state index is 0.568. The van der Waals surface area contributed by atoms with Crippen LogP contribution in [0.3, 0.4) is 0 Å². The lowest BCUT2D eigenvalue weighted by atomic mass is 10.2. The standard InChI is InChI=1S/C11H19N3S/c1-3-4-5-6-7-15-11-13-9(2)8-10(12)14-11/h8H,3-7H2,1-2H3,(H2,12,13,14). The number of hydrogen-bond donors (Lipinski definition) is 1. The van der Waals surface area contributed by atoms with Crippen molar-refractivity contribution < 1.29 is 0 Å². The molecule has 0 amide bonds. The predicted molar refractivity (Wildman–Crippen MR) is 66.0 cm³/mol. The van der Waals surface area contributed by atoms with Crippen LogP contribution in [-0.2, 0) is 0 Å². The average molecular weight is 225 g/mol. The van der Waals surface area contributed by atoms with Gasteiger partial charge in [0.15, 0.2) is 5.16 Å². The number of nitrogen functional groups attached to an aromatic ring is 1. The lowest BCUT2D eigenvalue weighted by Crippen LogP contribution is -1.97. The molecule has 0 bridgehead atoms. The van der Waals surface area contributed by atoms with Crippen LogP contribution in [0, 0.1) is 6.92 Å². The molecule has 0 fully saturated rings. The Kier molecular flexibility index (Phi) is 5.47. The van der Waals surface area contributed by atoms with Gasteiger partial charge in [0.1, 0.15) is 5.82 Å². The molecule has 0 aromatic carbocycles. The fourth-order valence-corrected chi connectivity index (χ4v) is 2.23. The van der Waals surface area contributed by atoms with Crippen LogP contribution in [0.25, 0.3) is 0 Å². The average Bonchev–Trinajstić information content (AvgIpc) is 2.16. The summed E-state index contributed by atoms with van der Waals surface area (Å²) in [4.78, 5) is 8.51. The molecule has 1 aromatic rings. The molecule has 0 aliphatic heterocycles. The molecule has 0 spiro atoms. The van der Waals surface area contributed by atoms with E-state index in [1.165, 1.54) is 25.7 Å². The Morgan fingerprint density at radius 2 is 2.07 bits per heavy atom. The first-order valence-electron chi connectivity index (χ1n) is 5.46. The van der Waals surface area contributed by atoms with E-state index in [1.54, 1.807) is 17.8 Å². The number of rotatable bonds is 6. The molecule has 0 saturated heterocycles. The number of nitrogens with two attached hydrogens (primary N) is 1. The maximum atomic E-state index is 5.65. The SMILES string of the molecule is CCCCCCSc1nc(C)cc(N)n1. The molecular formula is C11H19N3S. The Labute approximate surface area is 95.9 Å². The molecule has 84 valence electrons. The van der Waals surface area contributed by atoms with E-state index in [0.29, 0.717) is 5.82 Å². The monoisotopic (exact) mass is 225 g/mol. The van der Waals surface area contributed by atoms with Gasteiger partial charge in [-0.05, 0) is 13.3 Å². The van der Waals surface area contributed by atoms with Crippen LogP contribution in [0.5, 0.6) is 0 Å². The molecule has 0 unspecified atom stereocenters. The van der Waals surface area contributed by atoms with Gasteiger partial charge in [-0.3, -0.25) is 0 Å². The van der Waals surface area contributed by atoms with E-state index >= 15 is 0 Å². The van der Waals surface area contributed by atoms with E-state index in [2.05, 4.69) is 16.9 Å². The van der Waals surface area contributed by atoms with Gasteiger partial charge in [0, 0.05) is 17.5 Å². The molecule has 1 heterocycles. The highest BCUT2D eigenvalue weighted by atomic mass is 32.2. The normalized spacial score (nSPS) is 10.5. The summed E-state index contributed by atoms with van der Waals surface area (Å²) in [5, 5.41) is 0.809. The van der Waals surface area contributed by atoms with Crippen molar-refractivity contribution in [2.75, 3.05) is 11.5 Å². The van der Waals surface area contributed by atoms with Gasteiger partial charge >= 0.3 is 0 Å². The van der Waals surface area contributed by atoms with Gasteiger partial charge in [0.2, 0.25) is 0 Å². The molecule has 1 aromatic heterocycles. The zero-order chi connectivity index (χ0) is 11.1. The topological polar surface area (TPSA) is 51.8 Å². The lowest BCUT2D eigenvalue weighted by Gasteiger charge is -2.02. The summed E-state index contributed by atoms with van der Waals surface area (Å²) in [6, 6.07) is 1.79. The van der Waals surface area contributed by atoms with Crippen LogP contribution >= 0.6 is 11.8 Å². The van der Waals surface area contributed by atoms with Crippen molar-refractivity contribution in [2.24, 2.45) is 0 Å². The molecule has 0 saturated carbocycles. The van der Waals surface area contributed by atoms with E-state index in [0.717, 1.165) is 16.6 Å². The first-order chi connectivity index (χ1) is 7.22. The summed E-state index contributed by atoms with van der Waals surface area (Å²) < 4.78 is 0. The van der Waals surface area contributed by atoms with Gasteiger partial charge in [-0.1, -0.05) is 37.9 Å². The van der Waals surface area contributed by atoms with E-state index in [-0.39, 0.29) is 0 Å². The van der Waals surface area contributed by atoms with Gasteiger partial charge in [-0.2, -0.15) is 0 Å². The van der Waals surface area contributed by atoms with Gasteiger partial charge in [-0.25, -0.2) is 9.97 Å². The number of hydrogen-bond acceptors (Lipinski definition) is 4. The Bertz CT molecular complexity index is 282. The summed E-state index contributed by atoms with van der Waals surface area (Å²) >= 11 is 1.70. The minimum absolute atomic E-state index is 0.568. The fourth-order valence-electron chi connectivity index (χ4n) is 1.32. The van der Waals surface area contributed by atoms with Crippen molar-refractivity contribution in [1.29, 1.82) is 0 Å². The first kappa shape index (κ1) is 12.3. The van der Waals surface area contributed by atoms with Crippen molar-refractivity contribution in [2.45, 2.75) is 44.7 Å². The van der Waals surface area contributed by atoms with Crippen molar-refractivity contribution in [3.63, 3.8) is 0 Å². The zero-order valence-electron chi connectivity index (χ0n) is 9.49. The largest absolute Gasteiger partial charge is 0.384 e. The number of thioether (sulfide) groups is 1. The Morgan fingerprint density at radius 3 is 2.73 bits per heavy atom. The summed E-state index contributed by atoms with van der Waals surface area (Å²) in [6.45, 7) is 4.16. The second-order valence-corrected chi connectivity index (χ2v) is 4.69. The summed E-state index contributed by atoms with van der Waals surface area (Å²) in [5.74, 6) is 1.65. The molecule has 2 N–H and O–H groups in total. The van der Waals surface area contributed by atoms with Crippen LogP contribution in [0.1, 0.15) is 38.3 Å². The number of nitrogens with zero attached hydrogens (tertiary/aromatic N) is 2. The lowest BCUT2D eigenvalue weighted by molar-refractivity contribution is 0.706. The summed E-state index contributed by atoms with van der Waals surface area (Å²) in [5.41, 5.74) is 6.59. The first-order valence-corrected chi connectivity index (χ1v) is 6.45. The fraction of sp³-hybridized carbons (Fsp3) is 0.636. The van der Waals surface area contributed by atoms with Gasteiger partial charge in [-0.15, -0.1) is 0 Å². The molecule has 1 rings (SSSR count). The third-order valence-corrected chi connectivity index (χ3v) is 3.02. The zero-order valence-corrected chi connectivity index (χ0v) is 10.3. The molecule has 0 aliphatic carbocycles. The van der Waals surface area contributed by atoms with E-state index < -0.39 is 0 Å². The van der Waals surface area contributed by atoms with Crippen molar-refractivity contribution >= 4 is 17.6 Å². The van der Waals surface area contributed by atoms with E-state index in [1.807, 2.05) is 6.92 Å². The second kappa shape index (κ2) is 6.67. The van der Waals surface area contributed by atoms with E-state index in [4.69, 9.17) is 5.73 Å². The molecule has 0 radical (unpaired) electrons. The number of anilines is 1. The minimum Gasteiger partial charge on any atom is -0.384 e. The molecule has 4 heteroatoms. The summed E-state index contributed by atoms with van der Waals surface area (Å²) in [7, 11) is 0. The highest BCUT2D eigenvalue weighted by Crippen LogP contribution is 2.17. The molecular weight excluding hydrogens is 206 g/mol. The van der Waals surface area contributed by atoms with Gasteiger partial charge < -0.3 is 5.73 Å². The molecule has 0 atom stereocenters. The number of aryl methyl sites for hydroxylation is 1. The van der Waals surface area contributed by atoms with E-state index in [9.17, 15) is 0 Å². The van der Waals surface area contributed by atoms with Crippen LogP contribution in [0.4, 0.5) is 5.82 Å². The Morgan fingerprint density at radius 1 is 1.27 bits per heavy atom. The highest BCUT2D eigenvalue weighted by Gasteiger charge is 2.00. The third kappa shape index (κ3) is 5.02. The maximum absolute atomic E-state index is 5.65. The maximum Gasteiger partial charge on any atom is 0.189 e. The number of unbranched alkanes of at least 4 members (excludes halogenated alkanes) is 3. The Hall–Kier alpha value is -0.770. The van der Waals surface area contributed by atoms with Crippen LogP contribution in [-0.4, -0.2) is 15.7 Å². The van der Waals surface area contributed by atoms with Gasteiger partial charge in [0.05, 0.1) is 0 Å². The highest BCUT2D eigenvalue weighted by molar-refractivity contribution is 7.99. The smallest absolute Gasteiger partial charge is 0.189 e. The third-order valence-electron chi connectivity index (χ3n) is 2.08. The van der Waals surface area contributed by atoms with Gasteiger partial charge in [0.25, 0.3) is 0 Å². The molecule has 3 nitrogen and oxygen atoms in total. The van der Waals surface area contributed by atoms with Crippen molar-refractivity contribution in [3.8, 4) is 0 Å². The Balaban J connectivity index is 2.31. The van der Waals surface area contributed by atoms with Crippen LogP contribution in [0.2, 0.25) is 0 Å². The number of aromatic nitrogens is 2. The van der Waals surface area contributed by atoms with Crippen molar-refractivity contribution in [1.82, 2.24) is 9.97 Å². The van der Waals surface area contributed by atoms with Crippen molar-refractivity contribution in [3.05, 3.63) is 11.8 Å². The second-order valence-electron chi connectivity index (χ2n) is 3.63. The molecule has 0 aliphatic rings. The quantitative estimate of drug-likeness (QED) is 0.459. The predicted octanol–water partition coefficient (Wildman–Crippen LogP) is 3.04. The van der Waals surface area contributed by atoms with Crippen LogP contribution < -0.4 is 5.73 Å². The van der Waals surface area contributed by atoms with Crippen LogP contribution in [0.15, 0.2) is 11.2 Å². The molecule has 15 heavy (non-hydrogen) atoms.